The van der Waals surface area contributed by atoms with Crippen molar-refractivity contribution in [3.05, 3.63) is 42.5 Å². The molecule has 1 atom stereocenters. The largest absolute Gasteiger partial charge is 0.369 e. The lowest BCUT2D eigenvalue weighted by Gasteiger charge is -2.23. The van der Waals surface area contributed by atoms with Crippen LogP contribution in [0.5, 0.6) is 0 Å². The number of carbonyl (C=O) groups excluding carboxylic acids is 1. The van der Waals surface area contributed by atoms with Crippen molar-refractivity contribution >= 4 is 5.91 Å². The third-order valence-corrected chi connectivity index (χ3v) is 2.99. The van der Waals surface area contributed by atoms with Crippen LogP contribution in [0, 0.1) is 0 Å². The summed E-state index contributed by atoms with van der Waals surface area (Å²) < 4.78 is 6.94. The SMILES string of the molecule is O=C1COCC(Cc2cccc(-n3cncn3)c2)N1. The van der Waals surface area contributed by atoms with Gasteiger partial charge in [0.1, 0.15) is 19.3 Å². The third kappa shape index (κ3) is 2.79. The second-order valence-electron chi connectivity index (χ2n) is 4.49. The van der Waals surface area contributed by atoms with Crippen LogP contribution >= 0.6 is 0 Å². The molecule has 1 aromatic heterocycles. The fraction of sp³-hybridized carbons (Fsp3) is 0.308. The van der Waals surface area contributed by atoms with E-state index in [9.17, 15) is 4.79 Å². The second kappa shape index (κ2) is 5.19. The molecular formula is C13H14N4O2. The van der Waals surface area contributed by atoms with Crippen LogP contribution in [0.15, 0.2) is 36.9 Å². The van der Waals surface area contributed by atoms with Gasteiger partial charge >= 0.3 is 0 Å². The lowest BCUT2D eigenvalue weighted by atomic mass is 10.1. The Morgan fingerprint density at radius 2 is 2.42 bits per heavy atom. The minimum atomic E-state index is -0.0521. The zero-order valence-electron chi connectivity index (χ0n) is 10.3. The van der Waals surface area contributed by atoms with Gasteiger partial charge in [0.25, 0.3) is 0 Å². The van der Waals surface area contributed by atoms with Crippen LogP contribution in [0.4, 0.5) is 0 Å². The van der Waals surface area contributed by atoms with Gasteiger partial charge in [-0.15, -0.1) is 0 Å². The van der Waals surface area contributed by atoms with Crippen molar-refractivity contribution in [1.29, 1.82) is 0 Å². The maximum absolute atomic E-state index is 11.3. The molecule has 0 spiro atoms. The van der Waals surface area contributed by atoms with Crippen molar-refractivity contribution in [2.45, 2.75) is 12.5 Å². The molecule has 0 bridgehead atoms. The molecular weight excluding hydrogens is 244 g/mol. The summed E-state index contributed by atoms with van der Waals surface area (Å²) in [5, 5.41) is 7.02. The van der Waals surface area contributed by atoms with E-state index in [2.05, 4.69) is 15.4 Å². The van der Waals surface area contributed by atoms with E-state index in [1.807, 2.05) is 24.3 Å². The van der Waals surface area contributed by atoms with Crippen LogP contribution < -0.4 is 5.32 Å². The van der Waals surface area contributed by atoms with E-state index >= 15 is 0 Å². The maximum Gasteiger partial charge on any atom is 0.246 e. The van der Waals surface area contributed by atoms with E-state index in [0.29, 0.717) is 6.61 Å². The summed E-state index contributed by atoms with van der Waals surface area (Å²) in [4.78, 5) is 15.2. The van der Waals surface area contributed by atoms with Crippen LogP contribution in [0.1, 0.15) is 5.56 Å². The first kappa shape index (κ1) is 11.9. The summed E-state index contributed by atoms with van der Waals surface area (Å²) in [6.45, 7) is 0.717. The Morgan fingerprint density at radius 3 is 3.21 bits per heavy atom. The third-order valence-electron chi connectivity index (χ3n) is 2.99. The van der Waals surface area contributed by atoms with Gasteiger partial charge in [-0.3, -0.25) is 4.79 Å². The van der Waals surface area contributed by atoms with Gasteiger partial charge in [-0.05, 0) is 24.1 Å². The molecule has 0 radical (unpaired) electrons. The van der Waals surface area contributed by atoms with Crippen molar-refractivity contribution in [2.24, 2.45) is 0 Å². The highest BCUT2D eigenvalue weighted by atomic mass is 16.5. The number of hydrogen-bond acceptors (Lipinski definition) is 4. The fourth-order valence-corrected chi connectivity index (χ4v) is 2.17. The number of morpholine rings is 1. The van der Waals surface area contributed by atoms with E-state index in [-0.39, 0.29) is 18.6 Å². The number of benzene rings is 1. The molecule has 6 nitrogen and oxygen atoms in total. The van der Waals surface area contributed by atoms with Gasteiger partial charge < -0.3 is 10.1 Å². The number of ether oxygens (including phenoxy) is 1. The molecule has 2 heterocycles. The maximum atomic E-state index is 11.3. The number of aromatic nitrogens is 3. The summed E-state index contributed by atoms with van der Waals surface area (Å²) in [6, 6.07) is 8.04. The molecule has 1 aromatic carbocycles. The molecule has 19 heavy (non-hydrogen) atoms. The number of amides is 1. The number of nitrogens with zero attached hydrogens (tertiary/aromatic N) is 3. The van der Waals surface area contributed by atoms with Crippen LogP contribution in [0.3, 0.4) is 0 Å². The van der Waals surface area contributed by atoms with Gasteiger partial charge in [0.15, 0.2) is 0 Å². The predicted octanol–water partition coefficient (Wildman–Crippen LogP) is 0.325. The molecule has 1 N–H and O–H groups in total. The molecule has 1 amide bonds. The monoisotopic (exact) mass is 258 g/mol. The predicted molar refractivity (Wildman–Crippen MR) is 67.8 cm³/mol. The molecule has 1 aliphatic rings. The first-order valence-corrected chi connectivity index (χ1v) is 6.12. The normalized spacial score (nSPS) is 19.2. The molecule has 1 fully saturated rings. The molecule has 1 saturated heterocycles. The Balaban J connectivity index is 1.74. The van der Waals surface area contributed by atoms with Gasteiger partial charge in [-0.1, -0.05) is 12.1 Å². The number of rotatable bonds is 3. The van der Waals surface area contributed by atoms with Gasteiger partial charge in [-0.2, -0.15) is 5.10 Å². The van der Waals surface area contributed by atoms with E-state index in [1.54, 1.807) is 11.0 Å². The highest BCUT2D eigenvalue weighted by molar-refractivity contribution is 5.78. The Bertz CT molecular complexity index is 568. The standard InChI is InChI=1S/C13H14N4O2/c18-13-7-19-6-11(16-13)4-10-2-1-3-12(5-10)17-9-14-8-15-17/h1-3,5,8-9,11H,4,6-7H2,(H,16,18). The van der Waals surface area contributed by atoms with E-state index < -0.39 is 0 Å². The number of carbonyl (C=O) groups is 1. The first-order valence-electron chi connectivity index (χ1n) is 6.12. The Hall–Kier alpha value is -2.21. The minimum Gasteiger partial charge on any atom is -0.369 e. The number of nitrogens with one attached hydrogen (secondary N) is 1. The van der Waals surface area contributed by atoms with Gasteiger partial charge in [0.2, 0.25) is 5.91 Å². The van der Waals surface area contributed by atoms with Crippen molar-refractivity contribution in [2.75, 3.05) is 13.2 Å². The second-order valence-corrected chi connectivity index (χ2v) is 4.49. The Labute approximate surface area is 110 Å². The average molecular weight is 258 g/mol. The molecule has 0 saturated carbocycles. The van der Waals surface area contributed by atoms with E-state index in [1.165, 1.54) is 6.33 Å². The van der Waals surface area contributed by atoms with Crippen LogP contribution in [0.2, 0.25) is 0 Å². The molecule has 6 heteroatoms. The van der Waals surface area contributed by atoms with Crippen molar-refractivity contribution < 1.29 is 9.53 Å². The quantitative estimate of drug-likeness (QED) is 0.861. The Morgan fingerprint density at radius 1 is 1.47 bits per heavy atom. The molecule has 1 aliphatic heterocycles. The summed E-state index contributed by atoms with van der Waals surface area (Å²) in [7, 11) is 0. The van der Waals surface area contributed by atoms with Gasteiger partial charge in [0.05, 0.1) is 18.3 Å². The summed E-state index contributed by atoms with van der Waals surface area (Å²) in [5.74, 6) is -0.0521. The smallest absolute Gasteiger partial charge is 0.246 e. The van der Waals surface area contributed by atoms with Crippen molar-refractivity contribution in [3.8, 4) is 5.69 Å². The summed E-state index contributed by atoms with van der Waals surface area (Å²) >= 11 is 0. The minimum absolute atomic E-state index is 0.0345. The van der Waals surface area contributed by atoms with E-state index in [4.69, 9.17) is 4.74 Å². The van der Waals surface area contributed by atoms with Gasteiger partial charge in [-0.25, -0.2) is 9.67 Å². The van der Waals surface area contributed by atoms with E-state index in [0.717, 1.165) is 17.7 Å². The zero-order chi connectivity index (χ0) is 13.1. The Kier molecular flexibility index (Phi) is 3.24. The van der Waals surface area contributed by atoms with Crippen LogP contribution in [-0.4, -0.2) is 39.9 Å². The first-order chi connectivity index (χ1) is 9.31. The lowest BCUT2D eigenvalue weighted by molar-refractivity contribution is -0.131. The number of hydrogen-bond donors (Lipinski definition) is 1. The average Bonchev–Trinajstić information content (AvgIpc) is 2.93. The lowest BCUT2D eigenvalue weighted by Crippen LogP contribution is -2.46. The molecule has 0 aliphatic carbocycles. The molecule has 98 valence electrons. The zero-order valence-corrected chi connectivity index (χ0v) is 10.3. The molecule has 1 unspecified atom stereocenters. The van der Waals surface area contributed by atoms with Crippen molar-refractivity contribution in [3.63, 3.8) is 0 Å². The topological polar surface area (TPSA) is 69.0 Å². The summed E-state index contributed by atoms with van der Waals surface area (Å²) in [5.41, 5.74) is 2.09. The summed E-state index contributed by atoms with van der Waals surface area (Å²) in [6.07, 6.45) is 3.90. The molecule has 3 rings (SSSR count). The van der Waals surface area contributed by atoms with Crippen LogP contribution in [0.25, 0.3) is 5.69 Å². The molecule has 2 aromatic rings. The fourth-order valence-electron chi connectivity index (χ4n) is 2.17. The highest BCUT2D eigenvalue weighted by Gasteiger charge is 2.18. The highest BCUT2D eigenvalue weighted by Crippen LogP contribution is 2.12. The van der Waals surface area contributed by atoms with Crippen LogP contribution in [-0.2, 0) is 16.0 Å². The van der Waals surface area contributed by atoms with Gasteiger partial charge in [0, 0.05) is 0 Å². The van der Waals surface area contributed by atoms with Crippen molar-refractivity contribution in [1.82, 2.24) is 20.1 Å².